The van der Waals surface area contributed by atoms with Crippen LogP contribution in [-0.2, 0) is 89.6 Å². The summed E-state index contributed by atoms with van der Waals surface area (Å²) in [7, 11) is 0. The van der Waals surface area contributed by atoms with Gasteiger partial charge in [0.15, 0.2) is 0 Å². The minimum absolute atomic E-state index is 0.0341. The lowest BCUT2D eigenvalue weighted by atomic mass is 9.99. The molecule has 534 valence electrons. The first-order valence-corrected chi connectivity index (χ1v) is 33.9. The Labute approximate surface area is 581 Å². The number of nitrogens with zero attached hydrogens (tertiary/aromatic N) is 1. The van der Waals surface area contributed by atoms with Crippen LogP contribution in [0.3, 0.4) is 0 Å². The third-order valence-corrected chi connectivity index (χ3v) is 17.2. The maximum absolute atomic E-state index is 15.3. The molecule has 0 bridgehead atoms. The van der Waals surface area contributed by atoms with Gasteiger partial charge in [-0.05, 0) is 109 Å². The Morgan fingerprint density at radius 3 is 1.24 bits per heavy atom. The van der Waals surface area contributed by atoms with E-state index >= 15 is 19.2 Å². The van der Waals surface area contributed by atoms with Gasteiger partial charge in [-0.2, -0.15) is 0 Å². The zero-order valence-corrected chi connectivity index (χ0v) is 56.5. The zero-order chi connectivity index (χ0) is 72.3. The van der Waals surface area contributed by atoms with Crippen LogP contribution in [0.5, 0.6) is 11.5 Å². The summed E-state index contributed by atoms with van der Waals surface area (Å²) in [6.07, 6.45) is -1.66. The summed E-state index contributed by atoms with van der Waals surface area (Å²) in [6.45, 7) is 5.70. The van der Waals surface area contributed by atoms with Crippen LogP contribution >= 0.6 is 0 Å². The SMILES string of the molecule is CCCNC(=O)C[C@@H]1NC(=O)[C@@H](Cc2ccccc2)NC(=O)[C@H](Cc2ccccc2)NC(=O)[C@@H]2CCCN2C(=O)[C@@H](Cc2ccccc2)NC(=O)[C@H](CC(C)C)NC(=O)[C@H](CCCN)NC(=O)[C@H](Cc2ccc(O)cc2)NC(=O)[C@H](Cc2ccc(O)cc2)NC(=O)[C@H](CCC(N)=O)NC1=O. The quantitative estimate of drug-likeness (QED) is 0.0459. The number of hydrogen-bond acceptors (Lipinski definition) is 15. The second-order valence-corrected chi connectivity index (χ2v) is 25.7. The minimum atomic E-state index is -1.81. The first-order chi connectivity index (χ1) is 48.0. The number of phenolic OH excluding ortho intramolecular Hbond substituents is 2. The van der Waals surface area contributed by atoms with Gasteiger partial charge >= 0.3 is 0 Å². The summed E-state index contributed by atoms with van der Waals surface area (Å²) in [5.41, 5.74) is 14.2. The molecule has 16 N–H and O–H groups in total. The van der Waals surface area contributed by atoms with Crippen molar-refractivity contribution in [3.63, 3.8) is 0 Å². The van der Waals surface area contributed by atoms with Crippen LogP contribution in [0.2, 0.25) is 0 Å². The van der Waals surface area contributed by atoms with Gasteiger partial charge in [0.25, 0.3) is 0 Å². The Hall–Kier alpha value is -10.7. The predicted octanol–water partition coefficient (Wildman–Crippen LogP) is 0.946. The predicted molar refractivity (Wildman–Crippen MR) is 370 cm³/mol. The monoisotopic (exact) mass is 1380 g/mol. The molecule has 5 aromatic rings. The molecule has 0 unspecified atom stereocenters. The van der Waals surface area contributed by atoms with Gasteiger partial charge in [-0.25, -0.2) is 0 Å². The summed E-state index contributed by atoms with van der Waals surface area (Å²) >= 11 is 0. The number of phenols is 2. The summed E-state index contributed by atoms with van der Waals surface area (Å²) in [5, 5.41) is 47.8. The average molecular weight is 1380 g/mol. The highest BCUT2D eigenvalue weighted by Crippen LogP contribution is 2.22. The molecule has 5 aromatic carbocycles. The van der Waals surface area contributed by atoms with Crippen LogP contribution < -0.4 is 64.6 Å². The highest BCUT2D eigenvalue weighted by Gasteiger charge is 2.42. The van der Waals surface area contributed by atoms with Crippen molar-refractivity contribution in [3.05, 3.63) is 167 Å². The normalized spacial score (nSPS) is 22.8. The third kappa shape index (κ3) is 24.1. The highest BCUT2D eigenvalue weighted by molar-refractivity contribution is 6.01. The molecule has 27 heteroatoms. The van der Waals surface area contributed by atoms with E-state index in [-0.39, 0.29) is 94.8 Å². The van der Waals surface area contributed by atoms with E-state index in [2.05, 4.69) is 53.2 Å². The van der Waals surface area contributed by atoms with Crippen LogP contribution in [0, 0.1) is 5.92 Å². The molecular formula is C73H93N13O14. The molecule has 12 amide bonds. The first-order valence-electron chi connectivity index (χ1n) is 33.9. The van der Waals surface area contributed by atoms with Crippen molar-refractivity contribution >= 4 is 70.9 Å². The second-order valence-electron chi connectivity index (χ2n) is 25.7. The van der Waals surface area contributed by atoms with Gasteiger partial charge in [0.2, 0.25) is 70.9 Å². The number of nitrogens with two attached hydrogens (primary N) is 2. The summed E-state index contributed by atoms with van der Waals surface area (Å²) in [5.74, 6) is -11.1. The molecular weight excluding hydrogens is 1280 g/mol. The van der Waals surface area contributed by atoms with Crippen molar-refractivity contribution < 1.29 is 67.7 Å². The van der Waals surface area contributed by atoms with E-state index in [0.717, 1.165) is 0 Å². The molecule has 0 saturated carbocycles. The van der Waals surface area contributed by atoms with Gasteiger partial charge in [-0.1, -0.05) is 136 Å². The largest absolute Gasteiger partial charge is 0.508 e. The molecule has 2 heterocycles. The van der Waals surface area contributed by atoms with Crippen molar-refractivity contribution in [1.29, 1.82) is 0 Å². The molecule has 0 aliphatic carbocycles. The van der Waals surface area contributed by atoms with Crippen molar-refractivity contribution in [2.45, 2.75) is 171 Å². The van der Waals surface area contributed by atoms with E-state index in [1.54, 1.807) is 97.9 Å². The number of benzene rings is 5. The lowest BCUT2D eigenvalue weighted by Gasteiger charge is -2.31. The van der Waals surface area contributed by atoms with Gasteiger partial charge in [-0.3, -0.25) is 57.5 Å². The molecule has 7 rings (SSSR count). The first kappa shape index (κ1) is 76.7. The van der Waals surface area contributed by atoms with E-state index in [0.29, 0.717) is 40.7 Å². The standard InChI is InChI=1S/C73H93N13O14/c1-4-35-76-63(90)43-59-71(98)78-53(32-33-62(75)89)65(92)80-57(41-49-26-30-51(88)31-27-49)68(95)82-56(40-48-24-28-50(87)29-25-48)67(94)77-52(22-14-34-74)64(91)79-54(37-44(2)3)66(93)85-60(42-47-20-12-7-13-21-47)73(100)86-36-15-23-61(86)72(99)84-58(39-46-18-10-6-11-19-46)70(97)81-55(69(96)83-59)38-45-16-8-5-9-17-45/h5-13,16-21,24-31,44,52-61,87-88H,4,14-15,22-23,32-43,74H2,1-3H3,(H2,75,89)(H,76,90)(H,77,94)(H,78,98)(H,79,91)(H,80,92)(H,81,97)(H,82,95)(H,83,96)(H,84,99)(H,85,93)/t52-,53-,54-,55+,56-,57-,58-,59-,60+,61-/m0/s1. The van der Waals surface area contributed by atoms with E-state index in [4.69, 9.17) is 11.5 Å². The summed E-state index contributed by atoms with van der Waals surface area (Å²) in [4.78, 5) is 178. The number of hydrogen-bond donors (Lipinski definition) is 14. The van der Waals surface area contributed by atoms with Crippen LogP contribution in [0.25, 0.3) is 0 Å². The van der Waals surface area contributed by atoms with Crippen LogP contribution in [0.4, 0.5) is 0 Å². The Kier molecular flexibility index (Phi) is 29.5. The molecule has 0 radical (unpaired) electrons. The van der Waals surface area contributed by atoms with E-state index in [9.17, 15) is 48.6 Å². The smallest absolute Gasteiger partial charge is 0.246 e. The van der Waals surface area contributed by atoms with E-state index in [1.165, 1.54) is 53.4 Å². The van der Waals surface area contributed by atoms with Crippen molar-refractivity contribution in [2.24, 2.45) is 17.4 Å². The average Bonchev–Trinajstić information content (AvgIpc) is 1.55. The van der Waals surface area contributed by atoms with E-state index < -0.39 is 151 Å². The minimum Gasteiger partial charge on any atom is -0.508 e. The molecule has 10 atom stereocenters. The summed E-state index contributed by atoms with van der Waals surface area (Å²) < 4.78 is 0. The van der Waals surface area contributed by atoms with Gasteiger partial charge < -0.3 is 79.7 Å². The topological polar surface area (TPSA) is 421 Å². The second kappa shape index (κ2) is 38.4. The Bertz CT molecular complexity index is 3610. The van der Waals surface area contributed by atoms with Gasteiger partial charge in [0.05, 0.1) is 6.42 Å². The fraction of sp³-hybridized carbons (Fsp3) is 0.425. The molecule has 0 aromatic heterocycles. The molecule has 0 spiro atoms. The fourth-order valence-electron chi connectivity index (χ4n) is 11.9. The number of amides is 12. The molecule has 27 nitrogen and oxygen atoms in total. The number of carbonyl (C=O) groups excluding carboxylic acids is 12. The number of aromatic hydroxyl groups is 2. The Balaban J connectivity index is 1.35. The zero-order valence-electron chi connectivity index (χ0n) is 56.5. The Morgan fingerprint density at radius 2 is 0.820 bits per heavy atom. The van der Waals surface area contributed by atoms with Crippen LogP contribution in [0.15, 0.2) is 140 Å². The molecule has 2 aliphatic rings. The third-order valence-electron chi connectivity index (χ3n) is 17.2. The summed E-state index contributed by atoms with van der Waals surface area (Å²) in [6, 6.07) is 22.3. The molecule has 100 heavy (non-hydrogen) atoms. The number of carbonyl (C=O) groups is 12. The fourth-order valence-corrected chi connectivity index (χ4v) is 11.9. The number of rotatable bonds is 22. The maximum atomic E-state index is 15.3. The van der Waals surface area contributed by atoms with Crippen molar-refractivity contribution in [1.82, 2.24) is 58.1 Å². The lowest BCUT2D eigenvalue weighted by molar-refractivity contribution is -0.142. The van der Waals surface area contributed by atoms with Crippen molar-refractivity contribution in [3.8, 4) is 11.5 Å². The van der Waals surface area contributed by atoms with E-state index in [1.807, 2.05) is 13.8 Å². The van der Waals surface area contributed by atoms with Crippen LogP contribution in [-0.4, -0.2) is 166 Å². The molecule has 2 saturated heterocycles. The highest BCUT2D eigenvalue weighted by atomic mass is 16.3. The van der Waals surface area contributed by atoms with Crippen LogP contribution in [0.1, 0.15) is 106 Å². The number of fused-ring (bicyclic) bond motifs is 1. The molecule has 2 aliphatic heterocycles. The van der Waals surface area contributed by atoms with Gasteiger partial charge in [0, 0.05) is 51.6 Å². The number of primary amides is 1. The number of nitrogens with one attached hydrogen (secondary N) is 10. The van der Waals surface area contributed by atoms with Gasteiger partial charge in [0.1, 0.15) is 71.9 Å². The maximum Gasteiger partial charge on any atom is 0.246 e. The van der Waals surface area contributed by atoms with Crippen molar-refractivity contribution in [2.75, 3.05) is 19.6 Å². The Morgan fingerprint density at radius 1 is 0.470 bits per heavy atom. The van der Waals surface area contributed by atoms with Gasteiger partial charge in [-0.15, -0.1) is 0 Å². The molecule has 2 fully saturated rings. The lowest BCUT2D eigenvalue weighted by Crippen LogP contribution is -2.62.